The second-order valence-corrected chi connectivity index (χ2v) is 15.3. The molecule has 3 N–H and O–H groups in total. The van der Waals surface area contributed by atoms with E-state index in [1.807, 2.05) is 4.72 Å². The van der Waals surface area contributed by atoms with E-state index in [0.29, 0.717) is 29.0 Å². The number of ether oxygens (including phenoxy) is 1. The van der Waals surface area contributed by atoms with Crippen molar-refractivity contribution in [2.24, 2.45) is 12.5 Å². The Kier molecular flexibility index (Phi) is 11.7. The van der Waals surface area contributed by atoms with Gasteiger partial charge in [0.25, 0.3) is 21.5 Å². The van der Waals surface area contributed by atoms with E-state index in [1.54, 1.807) is 55.5 Å². The first-order valence-corrected chi connectivity index (χ1v) is 17.8. The summed E-state index contributed by atoms with van der Waals surface area (Å²) in [5.74, 6) is -4.96. The lowest BCUT2D eigenvalue weighted by Crippen LogP contribution is -2.44. The first-order valence-electron chi connectivity index (χ1n) is 16.3. The lowest BCUT2D eigenvalue weighted by atomic mass is 9.96. The third-order valence-corrected chi connectivity index (χ3v) is 9.49. The highest BCUT2D eigenvalue weighted by atomic mass is 32.2. The third kappa shape index (κ3) is 9.21. The van der Waals surface area contributed by atoms with Gasteiger partial charge in [0, 0.05) is 42.4 Å². The molecule has 4 rings (SSSR count). The molecule has 2 aromatic carbocycles. The standard InChI is InChI=1S/C36H40F2N6O8S/c1-19(2)52-33(47)29(15-22-9-11-23(12-10-22)44-32(46)20(3)21(4)43(8)35(44)49)40-31(45)25-16-27(38)28(17-26(25)37)42-53(50,51)24-13-14-30(39-18-24)41-34(48)36(5,6)7/h9-14,16-19,29,42H,15H2,1-8H3,(H,40,45)(H,39,41,48)/t29-/m0/s1. The molecule has 4 aromatic rings. The number of anilines is 2. The summed E-state index contributed by atoms with van der Waals surface area (Å²) < 4.78 is 65.9. The molecule has 17 heteroatoms. The monoisotopic (exact) mass is 754 g/mol. The quantitative estimate of drug-likeness (QED) is 0.191. The van der Waals surface area contributed by atoms with Crippen molar-refractivity contribution in [2.45, 2.75) is 71.9 Å². The van der Waals surface area contributed by atoms with Crippen LogP contribution in [0.25, 0.3) is 5.69 Å². The highest BCUT2D eigenvalue weighted by Crippen LogP contribution is 2.24. The molecular weight excluding hydrogens is 714 g/mol. The molecule has 2 amide bonds. The number of nitrogens with one attached hydrogen (secondary N) is 3. The Morgan fingerprint density at radius 1 is 0.962 bits per heavy atom. The number of nitrogens with zero attached hydrogens (tertiary/aromatic N) is 3. The molecule has 282 valence electrons. The second-order valence-electron chi connectivity index (χ2n) is 13.6. The molecule has 0 bridgehead atoms. The number of carbonyl (C=O) groups is 3. The summed E-state index contributed by atoms with van der Waals surface area (Å²) in [6.45, 7) is 11.5. The van der Waals surface area contributed by atoms with Crippen molar-refractivity contribution in [1.29, 1.82) is 0 Å². The summed E-state index contributed by atoms with van der Waals surface area (Å²) in [5, 5.41) is 4.90. The first kappa shape index (κ1) is 40.1. The third-order valence-electron chi connectivity index (χ3n) is 8.14. The molecule has 0 spiro atoms. The number of aromatic nitrogens is 3. The molecule has 1 atom stereocenters. The van der Waals surface area contributed by atoms with Crippen molar-refractivity contribution in [3.8, 4) is 5.69 Å². The van der Waals surface area contributed by atoms with Crippen molar-refractivity contribution in [3.63, 3.8) is 0 Å². The van der Waals surface area contributed by atoms with Crippen LogP contribution in [0.15, 0.2) is 69.2 Å². The Labute approximate surface area is 304 Å². The minimum Gasteiger partial charge on any atom is -0.461 e. The molecule has 0 unspecified atom stereocenters. The number of esters is 1. The average Bonchev–Trinajstić information content (AvgIpc) is 3.07. The van der Waals surface area contributed by atoms with Gasteiger partial charge in [-0.25, -0.2) is 36.3 Å². The topological polar surface area (TPSA) is 188 Å². The van der Waals surface area contributed by atoms with Crippen LogP contribution in [-0.2, 0) is 37.8 Å². The predicted molar refractivity (Wildman–Crippen MR) is 192 cm³/mol. The molecule has 0 aliphatic rings. The van der Waals surface area contributed by atoms with Crippen molar-refractivity contribution >= 4 is 39.3 Å². The fourth-order valence-electron chi connectivity index (χ4n) is 4.86. The van der Waals surface area contributed by atoms with Gasteiger partial charge < -0.3 is 19.9 Å². The summed E-state index contributed by atoms with van der Waals surface area (Å²) >= 11 is 0. The lowest BCUT2D eigenvalue weighted by molar-refractivity contribution is -0.149. The Morgan fingerprint density at radius 3 is 2.17 bits per heavy atom. The van der Waals surface area contributed by atoms with Gasteiger partial charge in [-0.15, -0.1) is 0 Å². The molecule has 0 saturated carbocycles. The van der Waals surface area contributed by atoms with Gasteiger partial charge in [0.2, 0.25) is 5.91 Å². The van der Waals surface area contributed by atoms with Gasteiger partial charge in [0.1, 0.15) is 28.4 Å². The van der Waals surface area contributed by atoms with Crippen molar-refractivity contribution < 1.29 is 36.3 Å². The molecule has 0 fully saturated rings. The van der Waals surface area contributed by atoms with E-state index in [0.717, 1.165) is 16.8 Å². The van der Waals surface area contributed by atoms with Crippen LogP contribution >= 0.6 is 0 Å². The van der Waals surface area contributed by atoms with Crippen LogP contribution < -0.4 is 26.6 Å². The van der Waals surface area contributed by atoms with Gasteiger partial charge in [-0.1, -0.05) is 32.9 Å². The van der Waals surface area contributed by atoms with Crippen LogP contribution in [0.3, 0.4) is 0 Å². The number of benzene rings is 2. The Bertz CT molecular complexity index is 2260. The number of rotatable bonds is 11. The van der Waals surface area contributed by atoms with E-state index in [4.69, 9.17) is 4.74 Å². The fraction of sp³-hybridized carbons (Fsp3) is 0.333. The summed E-state index contributed by atoms with van der Waals surface area (Å²) in [7, 11) is -2.96. The largest absolute Gasteiger partial charge is 0.461 e. The number of carbonyl (C=O) groups excluding carboxylic acids is 3. The summed E-state index contributed by atoms with van der Waals surface area (Å²) in [5.41, 5.74) is -1.79. The number of hydrogen-bond acceptors (Lipinski definition) is 9. The molecule has 0 aliphatic carbocycles. The number of amides is 2. The van der Waals surface area contributed by atoms with Crippen LogP contribution in [0.5, 0.6) is 0 Å². The molecule has 53 heavy (non-hydrogen) atoms. The number of pyridine rings is 1. The summed E-state index contributed by atoms with van der Waals surface area (Å²) in [6, 6.07) is 7.95. The summed E-state index contributed by atoms with van der Waals surface area (Å²) in [6.07, 6.45) is 0.157. The van der Waals surface area contributed by atoms with Gasteiger partial charge in [0.05, 0.1) is 23.0 Å². The van der Waals surface area contributed by atoms with Crippen molar-refractivity contribution in [1.82, 2.24) is 19.4 Å². The van der Waals surface area contributed by atoms with Gasteiger partial charge in [-0.05, 0) is 63.6 Å². The molecule has 0 aliphatic heterocycles. The van der Waals surface area contributed by atoms with Gasteiger partial charge >= 0.3 is 11.7 Å². The average molecular weight is 755 g/mol. The van der Waals surface area contributed by atoms with Crippen molar-refractivity contribution in [3.05, 3.63) is 110 Å². The SMILES string of the molecule is Cc1c(C)n(C)c(=O)n(-c2ccc(C[C@H](NC(=O)c3cc(F)c(NS(=O)(=O)c4ccc(NC(=O)C(C)(C)C)nc4)cc3F)C(=O)OC(C)C)cc2)c1=O. The molecular formula is C36H40F2N6O8S. The minimum absolute atomic E-state index is 0.0744. The normalized spacial score (nSPS) is 12.3. The predicted octanol–water partition coefficient (Wildman–Crippen LogP) is 3.90. The fourth-order valence-corrected chi connectivity index (χ4v) is 5.86. The highest BCUT2D eigenvalue weighted by Gasteiger charge is 2.28. The number of halogens is 2. The van der Waals surface area contributed by atoms with Gasteiger partial charge in [-0.3, -0.25) is 19.1 Å². The first-order chi connectivity index (χ1) is 24.6. The minimum atomic E-state index is -4.50. The zero-order valence-corrected chi connectivity index (χ0v) is 31.1. The number of hydrogen-bond donors (Lipinski definition) is 3. The van der Waals surface area contributed by atoms with E-state index in [9.17, 15) is 32.4 Å². The molecule has 2 aromatic heterocycles. The lowest BCUT2D eigenvalue weighted by Gasteiger charge is -2.20. The highest BCUT2D eigenvalue weighted by molar-refractivity contribution is 7.92. The molecule has 2 heterocycles. The van der Waals surface area contributed by atoms with E-state index < -0.39 is 78.5 Å². The molecule has 0 radical (unpaired) electrons. The number of sulfonamides is 1. The Hall–Kier alpha value is -5.71. The van der Waals surface area contributed by atoms with E-state index in [2.05, 4.69) is 15.6 Å². The maximum Gasteiger partial charge on any atom is 0.335 e. The zero-order chi connectivity index (χ0) is 39.6. The summed E-state index contributed by atoms with van der Waals surface area (Å²) in [4.78, 5) is 67.7. The maximum absolute atomic E-state index is 15.3. The maximum atomic E-state index is 15.3. The van der Waals surface area contributed by atoms with Crippen LogP contribution in [0.2, 0.25) is 0 Å². The van der Waals surface area contributed by atoms with Crippen molar-refractivity contribution in [2.75, 3.05) is 10.0 Å². The van der Waals surface area contributed by atoms with Crippen LogP contribution in [0.4, 0.5) is 20.3 Å². The Morgan fingerprint density at radius 2 is 1.60 bits per heavy atom. The second kappa shape index (κ2) is 15.5. The smallest absolute Gasteiger partial charge is 0.335 e. The zero-order valence-electron chi connectivity index (χ0n) is 30.3. The van der Waals surface area contributed by atoms with Crippen LogP contribution in [0.1, 0.15) is 61.8 Å². The van der Waals surface area contributed by atoms with E-state index in [-0.39, 0.29) is 23.8 Å². The van der Waals surface area contributed by atoms with Gasteiger partial charge in [0.15, 0.2) is 0 Å². The Balaban J connectivity index is 1.54. The van der Waals surface area contributed by atoms with Crippen LogP contribution in [0, 0.1) is 30.9 Å². The molecule has 14 nitrogen and oxygen atoms in total. The van der Waals surface area contributed by atoms with Crippen LogP contribution in [-0.4, -0.2) is 52.5 Å². The van der Waals surface area contributed by atoms with Gasteiger partial charge in [-0.2, -0.15) is 0 Å². The van der Waals surface area contributed by atoms with E-state index >= 15 is 8.78 Å². The molecule has 0 saturated heterocycles. The van der Waals surface area contributed by atoms with E-state index in [1.165, 1.54) is 34.9 Å².